The summed E-state index contributed by atoms with van der Waals surface area (Å²) in [5, 5.41) is 7.16. The van der Waals surface area contributed by atoms with Gasteiger partial charge in [-0.05, 0) is 44.7 Å². The molecule has 35 heavy (non-hydrogen) atoms. The second kappa shape index (κ2) is 10.2. The Bertz CT molecular complexity index is 1150. The monoisotopic (exact) mass is 490 g/mol. The van der Waals surface area contributed by atoms with Gasteiger partial charge in [0.25, 0.3) is 5.91 Å². The standard InChI is InChI=1S/C25H29F3N4O3/c1-16-15-21(33)22(30-32(16)20-10-6-5-9-19(20)25(26,27)28)24(35)31-13-11-18(12-14-31)29-23(34)17-7-3-2-4-8-17/h5-6,9-10,15,17-18H,2-4,7-8,11-14H2,1H3,(H,29,34). The van der Waals surface area contributed by atoms with Gasteiger partial charge >= 0.3 is 6.18 Å². The van der Waals surface area contributed by atoms with E-state index in [4.69, 9.17) is 0 Å². The van der Waals surface area contributed by atoms with Crippen LogP contribution < -0.4 is 10.7 Å². The molecule has 1 saturated carbocycles. The molecule has 10 heteroatoms. The van der Waals surface area contributed by atoms with Gasteiger partial charge in [0.05, 0.1) is 11.3 Å². The van der Waals surface area contributed by atoms with Crippen LogP contribution in [0.5, 0.6) is 0 Å². The van der Waals surface area contributed by atoms with Crippen LogP contribution in [0.15, 0.2) is 35.1 Å². The van der Waals surface area contributed by atoms with Crippen molar-refractivity contribution in [3.63, 3.8) is 0 Å². The minimum absolute atomic E-state index is 0.0465. The number of benzene rings is 1. The molecule has 1 aliphatic heterocycles. The minimum atomic E-state index is -4.62. The Labute approximate surface area is 201 Å². The maximum atomic E-state index is 13.5. The normalized spacial score (nSPS) is 17.9. The van der Waals surface area contributed by atoms with Crippen molar-refractivity contribution < 1.29 is 22.8 Å². The number of nitrogens with one attached hydrogen (secondary N) is 1. The summed E-state index contributed by atoms with van der Waals surface area (Å²) < 4.78 is 41.6. The van der Waals surface area contributed by atoms with Crippen LogP contribution in [0.4, 0.5) is 13.2 Å². The molecule has 0 radical (unpaired) electrons. The van der Waals surface area contributed by atoms with Crippen molar-refractivity contribution in [2.75, 3.05) is 13.1 Å². The zero-order valence-electron chi connectivity index (χ0n) is 19.6. The van der Waals surface area contributed by atoms with Gasteiger partial charge in [0, 0.05) is 36.8 Å². The molecule has 7 nitrogen and oxygen atoms in total. The average Bonchev–Trinajstić information content (AvgIpc) is 2.84. The molecule has 2 heterocycles. The lowest BCUT2D eigenvalue weighted by Gasteiger charge is -2.33. The number of hydrogen-bond acceptors (Lipinski definition) is 4. The fourth-order valence-corrected chi connectivity index (χ4v) is 4.90. The highest BCUT2D eigenvalue weighted by atomic mass is 19.4. The third-order valence-corrected chi connectivity index (χ3v) is 6.85. The average molecular weight is 491 g/mol. The van der Waals surface area contributed by atoms with Gasteiger partial charge in [-0.15, -0.1) is 0 Å². The number of alkyl halides is 3. The Balaban J connectivity index is 1.48. The molecule has 0 bridgehead atoms. The van der Waals surface area contributed by atoms with Crippen molar-refractivity contribution in [1.82, 2.24) is 20.0 Å². The molecule has 2 amide bonds. The molecular weight excluding hydrogens is 461 g/mol. The van der Waals surface area contributed by atoms with Gasteiger partial charge < -0.3 is 10.2 Å². The number of carbonyl (C=O) groups is 2. The fourth-order valence-electron chi connectivity index (χ4n) is 4.90. The third-order valence-electron chi connectivity index (χ3n) is 6.85. The first-order valence-corrected chi connectivity index (χ1v) is 12.0. The first-order valence-electron chi connectivity index (χ1n) is 12.0. The van der Waals surface area contributed by atoms with Gasteiger partial charge in [-0.1, -0.05) is 31.4 Å². The molecule has 0 spiro atoms. The van der Waals surface area contributed by atoms with Crippen LogP contribution in [0, 0.1) is 12.8 Å². The predicted molar refractivity (Wildman–Crippen MR) is 123 cm³/mol. The SMILES string of the molecule is Cc1cc(=O)c(C(=O)N2CCC(NC(=O)C3CCCCC3)CC2)nn1-c1ccccc1C(F)(F)F. The highest BCUT2D eigenvalue weighted by Crippen LogP contribution is 2.33. The Morgan fingerprint density at radius 2 is 1.69 bits per heavy atom. The number of halogens is 3. The predicted octanol–water partition coefficient (Wildman–Crippen LogP) is 3.86. The number of amides is 2. The first-order chi connectivity index (χ1) is 16.6. The van der Waals surface area contributed by atoms with E-state index in [1.165, 1.54) is 36.4 Å². The van der Waals surface area contributed by atoms with Gasteiger partial charge in [0.2, 0.25) is 11.3 Å². The zero-order valence-corrected chi connectivity index (χ0v) is 19.6. The van der Waals surface area contributed by atoms with Crippen LogP contribution in [-0.2, 0) is 11.0 Å². The number of carbonyl (C=O) groups excluding carboxylic acids is 2. The lowest BCUT2D eigenvalue weighted by atomic mass is 9.88. The summed E-state index contributed by atoms with van der Waals surface area (Å²) >= 11 is 0. The molecule has 1 aromatic carbocycles. The summed E-state index contributed by atoms with van der Waals surface area (Å²) in [5.41, 5.74) is -2.03. The number of aromatic nitrogens is 2. The highest BCUT2D eigenvalue weighted by molar-refractivity contribution is 5.92. The number of rotatable bonds is 4. The lowest BCUT2D eigenvalue weighted by molar-refractivity contribution is -0.137. The van der Waals surface area contributed by atoms with E-state index in [1.807, 2.05) is 0 Å². The van der Waals surface area contributed by atoms with Gasteiger partial charge in [-0.2, -0.15) is 18.3 Å². The highest BCUT2D eigenvalue weighted by Gasteiger charge is 2.35. The number of likely N-dealkylation sites (tertiary alicyclic amines) is 1. The van der Waals surface area contributed by atoms with Crippen LogP contribution in [0.2, 0.25) is 0 Å². The number of nitrogens with zero attached hydrogens (tertiary/aromatic N) is 3. The molecule has 0 atom stereocenters. The molecule has 4 rings (SSSR count). The molecule has 2 fully saturated rings. The van der Waals surface area contributed by atoms with Crippen LogP contribution >= 0.6 is 0 Å². The summed E-state index contributed by atoms with van der Waals surface area (Å²) in [6.45, 7) is 2.11. The lowest BCUT2D eigenvalue weighted by Crippen LogP contribution is -2.48. The number of hydrogen-bond donors (Lipinski definition) is 1. The van der Waals surface area contributed by atoms with E-state index in [0.29, 0.717) is 25.9 Å². The zero-order chi connectivity index (χ0) is 25.2. The van der Waals surface area contributed by atoms with Crippen molar-refractivity contribution in [3.8, 4) is 5.69 Å². The van der Waals surface area contributed by atoms with Gasteiger partial charge in [-0.25, -0.2) is 4.68 Å². The summed E-state index contributed by atoms with van der Waals surface area (Å²) in [6.07, 6.45) is 1.59. The van der Waals surface area contributed by atoms with Crippen molar-refractivity contribution in [3.05, 3.63) is 57.5 Å². The number of aryl methyl sites for hydroxylation is 1. The van der Waals surface area contributed by atoms with Crippen molar-refractivity contribution in [1.29, 1.82) is 0 Å². The van der Waals surface area contributed by atoms with E-state index in [1.54, 1.807) is 0 Å². The van der Waals surface area contributed by atoms with Gasteiger partial charge in [-0.3, -0.25) is 14.4 Å². The molecule has 1 N–H and O–H groups in total. The first kappa shape index (κ1) is 24.9. The largest absolute Gasteiger partial charge is 0.418 e. The van der Waals surface area contributed by atoms with Gasteiger partial charge in [0.1, 0.15) is 0 Å². The van der Waals surface area contributed by atoms with Crippen LogP contribution in [0.1, 0.15) is 66.7 Å². The molecule has 1 aliphatic carbocycles. The van der Waals surface area contributed by atoms with Crippen LogP contribution in [-0.4, -0.2) is 45.6 Å². The quantitative estimate of drug-likeness (QED) is 0.706. The number of piperidine rings is 1. The third kappa shape index (κ3) is 5.57. The summed E-state index contributed by atoms with van der Waals surface area (Å²) in [7, 11) is 0. The summed E-state index contributed by atoms with van der Waals surface area (Å²) in [4.78, 5) is 39.7. The summed E-state index contributed by atoms with van der Waals surface area (Å²) in [6, 6.07) is 5.98. The van der Waals surface area contributed by atoms with E-state index in [-0.39, 0.29) is 29.2 Å². The Hall–Kier alpha value is -3.17. The molecule has 188 valence electrons. The molecule has 1 saturated heterocycles. The van der Waals surface area contributed by atoms with E-state index in [9.17, 15) is 27.6 Å². The van der Waals surface area contributed by atoms with Crippen LogP contribution in [0.3, 0.4) is 0 Å². The summed E-state index contributed by atoms with van der Waals surface area (Å²) in [5.74, 6) is -0.496. The smallest absolute Gasteiger partial charge is 0.353 e. The van der Waals surface area contributed by atoms with Crippen molar-refractivity contribution in [2.24, 2.45) is 5.92 Å². The van der Waals surface area contributed by atoms with Crippen LogP contribution in [0.25, 0.3) is 5.69 Å². The fraction of sp³-hybridized carbons (Fsp3) is 0.520. The Morgan fingerprint density at radius 1 is 1.03 bits per heavy atom. The van der Waals surface area contributed by atoms with Gasteiger partial charge in [0.15, 0.2) is 5.69 Å². The molecule has 2 aromatic rings. The maximum Gasteiger partial charge on any atom is 0.418 e. The Kier molecular flexibility index (Phi) is 7.28. The molecule has 0 unspecified atom stereocenters. The van der Waals surface area contributed by atoms with E-state index in [0.717, 1.165) is 42.5 Å². The molecular formula is C25H29F3N4O3. The topological polar surface area (TPSA) is 84.3 Å². The second-order valence-corrected chi connectivity index (χ2v) is 9.34. The Morgan fingerprint density at radius 3 is 2.34 bits per heavy atom. The van der Waals surface area contributed by atoms with Crippen molar-refractivity contribution >= 4 is 11.8 Å². The molecule has 1 aromatic heterocycles. The maximum absolute atomic E-state index is 13.5. The number of para-hydroxylation sites is 1. The van der Waals surface area contributed by atoms with E-state index >= 15 is 0 Å². The van der Waals surface area contributed by atoms with E-state index < -0.39 is 28.8 Å². The minimum Gasteiger partial charge on any atom is -0.353 e. The van der Waals surface area contributed by atoms with E-state index in [2.05, 4.69) is 10.4 Å². The molecule has 2 aliphatic rings. The second-order valence-electron chi connectivity index (χ2n) is 9.34. The van der Waals surface area contributed by atoms with Crippen molar-refractivity contribution in [2.45, 2.75) is 64.1 Å².